The highest BCUT2D eigenvalue weighted by atomic mass is 16.5. The zero-order valence-electron chi connectivity index (χ0n) is 15.4. The second kappa shape index (κ2) is 7.28. The van der Waals surface area contributed by atoms with Gasteiger partial charge in [0.05, 0.1) is 37.3 Å². The van der Waals surface area contributed by atoms with E-state index in [-0.39, 0.29) is 12.1 Å². The second-order valence-corrected chi connectivity index (χ2v) is 6.51. The first-order valence-electron chi connectivity index (χ1n) is 8.83. The Hall–Kier alpha value is -3.07. The Bertz CT molecular complexity index is 988. The lowest BCUT2D eigenvalue weighted by atomic mass is 10.1. The van der Waals surface area contributed by atoms with Crippen LogP contribution in [0.3, 0.4) is 0 Å². The minimum Gasteiger partial charge on any atom is -0.378 e. The fraction of sp³-hybridized carbons (Fsp3) is 0.389. The molecular weight excluding hydrogens is 346 g/mol. The lowest BCUT2D eigenvalue weighted by Gasteiger charge is -2.28. The summed E-state index contributed by atoms with van der Waals surface area (Å²) in [6, 6.07) is 5.50. The standard InChI is InChI=1S/C18H21N7O2/c1-13-3-4-14(10-19-13)18-16(23(2)22-21-18)12-25-17(26)9-15(11-20-25)24-5-7-27-8-6-24/h3-4,9-11H,5-8,12H2,1-2H3. The van der Waals surface area contributed by atoms with Gasteiger partial charge in [0.1, 0.15) is 5.69 Å². The minimum absolute atomic E-state index is 0.159. The first-order valence-corrected chi connectivity index (χ1v) is 8.83. The molecule has 1 saturated heterocycles. The van der Waals surface area contributed by atoms with E-state index in [2.05, 4.69) is 25.3 Å². The quantitative estimate of drug-likeness (QED) is 0.668. The van der Waals surface area contributed by atoms with Gasteiger partial charge in [-0.25, -0.2) is 9.36 Å². The molecular formula is C18H21N7O2. The Labute approximate surface area is 156 Å². The molecule has 0 aliphatic carbocycles. The molecule has 1 aliphatic heterocycles. The van der Waals surface area contributed by atoms with Crippen LogP contribution >= 0.6 is 0 Å². The Kier molecular flexibility index (Phi) is 4.68. The molecule has 9 nitrogen and oxygen atoms in total. The van der Waals surface area contributed by atoms with Gasteiger partial charge in [0.2, 0.25) is 0 Å². The van der Waals surface area contributed by atoms with Gasteiger partial charge in [0, 0.05) is 43.7 Å². The van der Waals surface area contributed by atoms with Gasteiger partial charge in [-0.05, 0) is 19.1 Å². The first kappa shape index (κ1) is 17.3. The summed E-state index contributed by atoms with van der Waals surface area (Å²) in [7, 11) is 1.81. The van der Waals surface area contributed by atoms with Crippen molar-refractivity contribution in [2.24, 2.45) is 7.05 Å². The van der Waals surface area contributed by atoms with Crippen molar-refractivity contribution in [3.05, 3.63) is 52.3 Å². The van der Waals surface area contributed by atoms with Crippen LogP contribution in [-0.2, 0) is 18.3 Å². The van der Waals surface area contributed by atoms with Gasteiger partial charge in [0.15, 0.2) is 0 Å². The number of rotatable bonds is 4. The molecule has 4 rings (SSSR count). The molecule has 0 N–H and O–H groups in total. The van der Waals surface area contributed by atoms with Gasteiger partial charge in [-0.3, -0.25) is 9.78 Å². The average Bonchev–Trinajstić information content (AvgIpc) is 3.05. The van der Waals surface area contributed by atoms with Crippen molar-refractivity contribution in [2.45, 2.75) is 13.5 Å². The van der Waals surface area contributed by atoms with Gasteiger partial charge < -0.3 is 9.64 Å². The van der Waals surface area contributed by atoms with Crippen LogP contribution in [0.4, 0.5) is 5.69 Å². The van der Waals surface area contributed by atoms with E-state index in [0.29, 0.717) is 18.9 Å². The average molecular weight is 367 g/mol. The molecule has 0 aromatic carbocycles. The summed E-state index contributed by atoms with van der Waals surface area (Å²) in [5, 5.41) is 12.7. The van der Waals surface area contributed by atoms with Crippen LogP contribution in [0.5, 0.6) is 0 Å². The van der Waals surface area contributed by atoms with Crippen molar-refractivity contribution < 1.29 is 4.74 Å². The molecule has 0 radical (unpaired) electrons. The largest absolute Gasteiger partial charge is 0.378 e. The SMILES string of the molecule is Cc1ccc(-c2nnn(C)c2Cn2ncc(N3CCOCC3)cc2=O)cn1. The van der Waals surface area contributed by atoms with E-state index in [1.807, 2.05) is 19.1 Å². The summed E-state index contributed by atoms with van der Waals surface area (Å²) in [5.74, 6) is 0. The predicted molar refractivity (Wildman–Crippen MR) is 99.6 cm³/mol. The molecule has 0 bridgehead atoms. The maximum absolute atomic E-state index is 12.6. The maximum atomic E-state index is 12.6. The molecule has 1 fully saturated rings. The van der Waals surface area contributed by atoms with Gasteiger partial charge >= 0.3 is 0 Å². The summed E-state index contributed by atoms with van der Waals surface area (Å²) in [4.78, 5) is 19.0. The predicted octanol–water partition coefficient (Wildman–Crippen LogP) is 0.627. The monoisotopic (exact) mass is 367 g/mol. The van der Waals surface area contributed by atoms with Crippen molar-refractivity contribution in [2.75, 3.05) is 31.2 Å². The summed E-state index contributed by atoms with van der Waals surface area (Å²) in [5.41, 5.74) is 3.96. The van der Waals surface area contributed by atoms with Crippen molar-refractivity contribution in [3.63, 3.8) is 0 Å². The number of ether oxygens (including phenoxy) is 1. The third kappa shape index (κ3) is 3.59. The fourth-order valence-corrected chi connectivity index (χ4v) is 3.07. The van der Waals surface area contributed by atoms with Gasteiger partial charge in [0.25, 0.3) is 5.56 Å². The Morgan fingerprint density at radius 1 is 1.19 bits per heavy atom. The number of aromatic nitrogens is 6. The summed E-state index contributed by atoms with van der Waals surface area (Å²) >= 11 is 0. The third-order valence-corrected chi connectivity index (χ3v) is 4.66. The lowest BCUT2D eigenvalue weighted by molar-refractivity contribution is 0.122. The smallest absolute Gasteiger partial charge is 0.269 e. The van der Waals surface area contributed by atoms with E-state index in [0.717, 1.165) is 35.7 Å². The summed E-state index contributed by atoms with van der Waals surface area (Å²) in [6.07, 6.45) is 3.49. The molecule has 0 saturated carbocycles. The summed E-state index contributed by atoms with van der Waals surface area (Å²) < 4.78 is 8.44. The van der Waals surface area contributed by atoms with Gasteiger partial charge in [-0.1, -0.05) is 5.21 Å². The number of aryl methyl sites for hydroxylation is 2. The highest BCUT2D eigenvalue weighted by Crippen LogP contribution is 2.20. The Morgan fingerprint density at radius 2 is 2.00 bits per heavy atom. The molecule has 0 atom stereocenters. The molecule has 3 aromatic heterocycles. The zero-order chi connectivity index (χ0) is 18.8. The van der Waals surface area contributed by atoms with Crippen LogP contribution in [0, 0.1) is 6.92 Å². The van der Waals surface area contributed by atoms with Crippen molar-refractivity contribution in [3.8, 4) is 11.3 Å². The highest BCUT2D eigenvalue weighted by molar-refractivity contribution is 5.60. The van der Waals surface area contributed by atoms with Gasteiger partial charge in [-0.15, -0.1) is 5.10 Å². The van der Waals surface area contributed by atoms with Crippen LogP contribution < -0.4 is 10.5 Å². The van der Waals surface area contributed by atoms with E-state index in [9.17, 15) is 4.79 Å². The number of nitrogens with zero attached hydrogens (tertiary/aromatic N) is 7. The number of anilines is 1. The van der Waals surface area contributed by atoms with Gasteiger partial charge in [-0.2, -0.15) is 5.10 Å². The number of hydrogen-bond donors (Lipinski definition) is 0. The van der Waals surface area contributed by atoms with Crippen molar-refractivity contribution in [1.29, 1.82) is 0 Å². The fourth-order valence-electron chi connectivity index (χ4n) is 3.07. The molecule has 4 heterocycles. The Balaban J connectivity index is 1.62. The third-order valence-electron chi connectivity index (χ3n) is 4.66. The van der Waals surface area contributed by atoms with Crippen LogP contribution in [0.15, 0.2) is 35.4 Å². The molecule has 0 amide bonds. The zero-order valence-corrected chi connectivity index (χ0v) is 15.4. The van der Waals surface area contributed by atoms with E-state index in [1.54, 1.807) is 30.2 Å². The lowest BCUT2D eigenvalue weighted by Crippen LogP contribution is -2.37. The van der Waals surface area contributed by atoms with Crippen LogP contribution in [-0.4, -0.2) is 56.1 Å². The molecule has 140 valence electrons. The second-order valence-electron chi connectivity index (χ2n) is 6.51. The highest BCUT2D eigenvalue weighted by Gasteiger charge is 2.16. The molecule has 9 heteroatoms. The minimum atomic E-state index is -0.159. The molecule has 3 aromatic rings. The molecule has 1 aliphatic rings. The first-order chi connectivity index (χ1) is 13.1. The normalized spacial score (nSPS) is 14.5. The van der Waals surface area contributed by atoms with Crippen molar-refractivity contribution in [1.82, 2.24) is 29.8 Å². The van der Waals surface area contributed by atoms with Crippen LogP contribution in [0.25, 0.3) is 11.3 Å². The van der Waals surface area contributed by atoms with E-state index in [4.69, 9.17) is 4.74 Å². The topological polar surface area (TPSA) is 91.0 Å². The number of morpholine rings is 1. The Morgan fingerprint density at radius 3 is 2.70 bits per heavy atom. The molecule has 0 spiro atoms. The van der Waals surface area contributed by atoms with Crippen LogP contribution in [0.1, 0.15) is 11.4 Å². The molecule has 0 unspecified atom stereocenters. The van der Waals surface area contributed by atoms with E-state index >= 15 is 0 Å². The van der Waals surface area contributed by atoms with Crippen molar-refractivity contribution >= 4 is 5.69 Å². The van der Waals surface area contributed by atoms with E-state index < -0.39 is 0 Å². The number of hydrogen-bond acceptors (Lipinski definition) is 7. The maximum Gasteiger partial charge on any atom is 0.269 e. The molecule has 27 heavy (non-hydrogen) atoms. The number of pyridine rings is 1. The van der Waals surface area contributed by atoms with E-state index in [1.165, 1.54) is 4.68 Å². The van der Waals surface area contributed by atoms with Crippen LogP contribution in [0.2, 0.25) is 0 Å². The summed E-state index contributed by atoms with van der Waals surface area (Å²) in [6.45, 7) is 5.08.